The lowest BCUT2D eigenvalue weighted by atomic mass is 9.97. The molecular weight excluding hydrogens is 499 g/mol. The lowest BCUT2D eigenvalue weighted by Crippen LogP contribution is -2.55. The molecule has 13 heteroatoms. The third kappa shape index (κ3) is 4.80. The van der Waals surface area contributed by atoms with Crippen LogP contribution in [0.2, 0.25) is 5.02 Å². The zero-order valence-corrected chi connectivity index (χ0v) is 18.8. The second-order valence-corrected chi connectivity index (χ2v) is 9.14. The fourth-order valence-electron chi connectivity index (χ4n) is 3.63. The van der Waals surface area contributed by atoms with Crippen LogP contribution in [0.15, 0.2) is 41.4 Å². The summed E-state index contributed by atoms with van der Waals surface area (Å²) < 4.78 is 47.3. The number of benzene rings is 2. The van der Waals surface area contributed by atoms with Gasteiger partial charge >= 0.3 is 0 Å². The van der Waals surface area contributed by atoms with E-state index in [2.05, 4.69) is 10.3 Å². The molecule has 4 rings (SSSR count). The lowest BCUT2D eigenvalue weighted by Gasteiger charge is -2.41. The number of ether oxygens (including phenoxy) is 1. The first-order valence-electron chi connectivity index (χ1n) is 9.98. The Morgan fingerprint density at radius 1 is 1.06 bits per heavy atom. The molecule has 4 N–H and O–H groups in total. The SMILES string of the molecule is OCc1ccc(Cl)cc1S[C@H]1OC(CO)[C@H](O)[C@H](n2cc(-c3cc(F)c(F)c(F)c3)nn2)C1O. The number of rotatable bonds is 6. The van der Waals surface area contributed by atoms with Gasteiger partial charge < -0.3 is 25.2 Å². The van der Waals surface area contributed by atoms with Gasteiger partial charge in [0.2, 0.25) is 0 Å². The van der Waals surface area contributed by atoms with Gasteiger partial charge in [-0.1, -0.05) is 34.6 Å². The standard InChI is InChI=1S/C21H19ClF3N3O5S/c22-11-2-1-9(7-29)16(5-11)34-21-20(32)18(19(31)15(8-30)33-21)28-6-14(26-27-28)10-3-12(23)17(25)13(24)4-10/h1-6,15,18-21,29-32H,7-8H2/t15?,18-,19-,20?,21+/m0/s1. The zero-order chi connectivity index (χ0) is 24.6. The van der Waals surface area contributed by atoms with Crippen LogP contribution in [0.4, 0.5) is 13.2 Å². The Bertz CT molecular complexity index is 1160. The molecule has 1 aliphatic heterocycles. The fourth-order valence-corrected chi connectivity index (χ4v) is 5.09. The molecule has 8 nitrogen and oxygen atoms in total. The van der Waals surface area contributed by atoms with Gasteiger partial charge in [0.15, 0.2) is 17.5 Å². The third-order valence-corrected chi connectivity index (χ3v) is 6.88. The monoisotopic (exact) mass is 517 g/mol. The summed E-state index contributed by atoms with van der Waals surface area (Å²) in [6.07, 6.45) is -2.71. The summed E-state index contributed by atoms with van der Waals surface area (Å²) in [5.41, 5.74) is -0.639. The number of nitrogens with zero attached hydrogens (tertiary/aromatic N) is 3. The number of hydrogen-bond acceptors (Lipinski definition) is 8. The van der Waals surface area contributed by atoms with Gasteiger partial charge in [-0.05, 0) is 29.8 Å². The third-order valence-electron chi connectivity index (χ3n) is 5.39. The van der Waals surface area contributed by atoms with Crippen molar-refractivity contribution >= 4 is 23.4 Å². The minimum absolute atomic E-state index is 0.0362. The minimum Gasteiger partial charge on any atom is -0.394 e. The maximum Gasteiger partial charge on any atom is 0.194 e. The molecular formula is C21H19ClF3N3O5S. The van der Waals surface area contributed by atoms with Crippen molar-refractivity contribution in [1.29, 1.82) is 0 Å². The van der Waals surface area contributed by atoms with Crippen LogP contribution in [0.3, 0.4) is 0 Å². The molecule has 0 amide bonds. The van der Waals surface area contributed by atoms with Crippen LogP contribution in [0, 0.1) is 17.5 Å². The predicted molar refractivity (Wildman–Crippen MR) is 115 cm³/mol. The lowest BCUT2D eigenvalue weighted by molar-refractivity contribution is -0.178. The van der Waals surface area contributed by atoms with E-state index in [1.54, 1.807) is 18.2 Å². The highest BCUT2D eigenvalue weighted by Gasteiger charge is 2.46. The van der Waals surface area contributed by atoms with Crippen molar-refractivity contribution in [3.05, 3.63) is 64.6 Å². The molecule has 2 aromatic carbocycles. The van der Waals surface area contributed by atoms with E-state index in [0.717, 1.165) is 28.6 Å². The molecule has 1 fully saturated rings. The van der Waals surface area contributed by atoms with E-state index in [1.807, 2.05) is 0 Å². The van der Waals surface area contributed by atoms with Crippen LogP contribution in [0.5, 0.6) is 0 Å². The summed E-state index contributed by atoms with van der Waals surface area (Å²) in [6, 6.07) is 5.10. The minimum atomic E-state index is -1.62. The average Bonchev–Trinajstić information content (AvgIpc) is 3.29. The first-order chi connectivity index (χ1) is 16.2. The van der Waals surface area contributed by atoms with Gasteiger partial charge in [0.25, 0.3) is 0 Å². The molecule has 0 bridgehead atoms. The van der Waals surface area contributed by atoms with E-state index in [1.165, 1.54) is 6.20 Å². The van der Waals surface area contributed by atoms with Gasteiger partial charge in [0.05, 0.1) is 19.4 Å². The number of thioether (sulfide) groups is 1. The topological polar surface area (TPSA) is 121 Å². The van der Waals surface area contributed by atoms with Crippen molar-refractivity contribution < 1.29 is 38.3 Å². The number of aromatic nitrogens is 3. The maximum absolute atomic E-state index is 13.6. The van der Waals surface area contributed by atoms with Crippen LogP contribution in [0.25, 0.3) is 11.3 Å². The second kappa shape index (κ2) is 10.2. The molecule has 2 heterocycles. The van der Waals surface area contributed by atoms with Gasteiger partial charge in [-0.25, -0.2) is 17.9 Å². The average molecular weight is 518 g/mol. The molecule has 5 atom stereocenters. The van der Waals surface area contributed by atoms with Crippen LogP contribution in [-0.4, -0.2) is 65.8 Å². The molecule has 1 aliphatic rings. The van der Waals surface area contributed by atoms with Gasteiger partial charge in [-0.15, -0.1) is 5.10 Å². The second-order valence-electron chi connectivity index (χ2n) is 7.56. The van der Waals surface area contributed by atoms with E-state index in [-0.39, 0.29) is 17.9 Å². The Morgan fingerprint density at radius 3 is 2.41 bits per heavy atom. The van der Waals surface area contributed by atoms with Crippen molar-refractivity contribution in [3.63, 3.8) is 0 Å². The molecule has 0 spiro atoms. The van der Waals surface area contributed by atoms with Crippen molar-refractivity contribution in [2.45, 2.75) is 41.3 Å². The Kier molecular flexibility index (Phi) is 7.48. The Labute approximate surface area is 200 Å². The van der Waals surface area contributed by atoms with Crippen molar-refractivity contribution in [1.82, 2.24) is 15.0 Å². The van der Waals surface area contributed by atoms with Crippen LogP contribution in [0.1, 0.15) is 11.6 Å². The van der Waals surface area contributed by atoms with Crippen LogP contribution < -0.4 is 0 Å². The molecule has 2 unspecified atom stereocenters. The van der Waals surface area contributed by atoms with E-state index >= 15 is 0 Å². The Hall–Kier alpha value is -2.19. The molecule has 1 saturated heterocycles. The first kappa shape index (κ1) is 24.9. The van der Waals surface area contributed by atoms with Crippen molar-refractivity contribution in [2.75, 3.05) is 6.61 Å². The maximum atomic E-state index is 13.6. The van der Waals surface area contributed by atoms with E-state index in [4.69, 9.17) is 16.3 Å². The quantitative estimate of drug-likeness (QED) is 0.368. The van der Waals surface area contributed by atoms with Crippen molar-refractivity contribution in [3.8, 4) is 11.3 Å². The fraction of sp³-hybridized carbons (Fsp3) is 0.333. The molecule has 3 aromatic rings. The highest BCUT2D eigenvalue weighted by atomic mass is 35.5. The summed E-state index contributed by atoms with van der Waals surface area (Å²) >= 11 is 7.07. The van der Waals surface area contributed by atoms with Crippen LogP contribution >= 0.6 is 23.4 Å². The number of aliphatic hydroxyl groups excluding tert-OH is 4. The highest BCUT2D eigenvalue weighted by molar-refractivity contribution is 7.99. The molecule has 34 heavy (non-hydrogen) atoms. The van der Waals surface area contributed by atoms with Crippen LogP contribution in [-0.2, 0) is 11.3 Å². The van der Waals surface area contributed by atoms with Gasteiger partial charge in [0, 0.05) is 15.5 Å². The largest absolute Gasteiger partial charge is 0.394 e. The molecule has 1 aromatic heterocycles. The van der Waals surface area contributed by atoms with Gasteiger partial charge in [-0.2, -0.15) is 0 Å². The van der Waals surface area contributed by atoms with E-state index in [0.29, 0.717) is 15.5 Å². The Balaban J connectivity index is 1.65. The zero-order valence-electron chi connectivity index (χ0n) is 17.2. The molecule has 0 radical (unpaired) electrons. The number of hydrogen-bond donors (Lipinski definition) is 4. The highest BCUT2D eigenvalue weighted by Crippen LogP contribution is 2.40. The Morgan fingerprint density at radius 2 is 1.76 bits per heavy atom. The molecule has 0 aliphatic carbocycles. The van der Waals surface area contributed by atoms with Crippen molar-refractivity contribution in [2.24, 2.45) is 0 Å². The summed E-state index contributed by atoms with van der Waals surface area (Å²) in [5, 5.41) is 49.1. The summed E-state index contributed by atoms with van der Waals surface area (Å²) in [7, 11) is 0. The number of aliphatic hydroxyl groups is 4. The first-order valence-corrected chi connectivity index (χ1v) is 11.2. The smallest absolute Gasteiger partial charge is 0.194 e. The van der Waals surface area contributed by atoms with E-state index < -0.39 is 53.8 Å². The summed E-state index contributed by atoms with van der Waals surface area (Å²) in [6.45, 7) is -0.880. The summed E-state index contributed by atoms with van der Waals surface area (Å²) in [5.74, 6) is -4.44. The number of halogens is 4. The normalized spacial score (nSPS) is 25.0. The molecule has 182 valence electrons. The summed E-state index contributed by atoms with van der Waals surface area (Å²) in [4.78, 5) is 0.516. The molecule has 0 saturated carbocycles. The van der Waals surface area contributed by atoms with E-state index in [9.17, 15) is 33.6 Å². The predicted octanol–water partition coefficient (Wildman–Crippen LogP) is 2.28. The van der Waals surface area contributed by atoms with Gasteiger partial charge in [-0.3, -0.25) is 0 Å². The van der Waals surface area contributed by atoms with Gasteiger partial charge in [0.1, 0.15) is 35.5 Å².